The van der Waals surface area contributed by atoms with Gasteiger partial charge in [0, 0.05) is 12.4 Å². The molecule has 3 rings (SSSR count). The second kappa shape index (κ2) is 8.38. The van der Waals surface area contributed by atoms with Gasteiger partial charge in [-0.25, -0.2) is 0 Å². The Balaban J connectivity index is 1.85. The predicted molar refractivity (Wildman–Crippen MR) is 99.3 cm³/mol. The van der Waals surface area contributed by atoms with Crippen molar-refractivity contribution in [1.29, 1.82) is 0 Å². The lowest BCUT2D eigenvalue weighted by molar-refractivity contribution is -0.0438. The molecule has 1 aromatic carbocycles. The molecule has 1 fully saturated rings. The molecule has 28 heavy (non-hydrogen) atoms. The summed E-state index contributed by atoms with van der Waals surface area (Å²) in [4.78, 5) is 3.83. The SMILES string of the molecule is O=S(=O)(N(Cc1cccnc1)c1ccc(OC2CCCCC2)cc1)C(F)(F)F. The van der Waals surface area contributed by atoms with Gasteiger partial charge in [0.25, 0.3) is 0 Å². The number of rotatable bonds is 6. The van der Waals surface area contributed by atoms with Crippen molar-refractivity contribution in [3.8, 4) is 5.75 Å². The molecule has 1 aliphatic rings. The molecule has 1 aromatic heterocycles. The summed E-state index contributed by atoms with van der Waals surface area (Å²) in [6.07, 6.45) is 8.12. The summed E-state index contributed by atoms with van der Waals surface area (Å²) in [6.45, 7) is -0.474. The first-order valence-electron chi connectivity index (χ1n) is 9.02. The number of aromatic nitrogens is 1. The molecule has 1 heterocycles. The number of hydrogen-bond acceptors (Lipinski definition) is 4. The molecular weight excluding hydrogens is 393 g/mol. The van der Waals surface area contributed by atoms with Crippen LogP contribution in [0.2, 0.25) is 0 Å². The average Bonchev–Trinajstić information content (AvgIpc) is 2.67. The second-order valence-corrected chi connectivity index (χ2v) is 8.54. The minimum absolute atomic E-state index is 0.0860. The Labute approximate surface area is 162 Å². The van der Waals surface area contributed by atoms with E-state index in [9.17, 15) is 21.6 Å². The van der Waals surface area contributed by atoms with Gasteiger partial charge in [-0.2, -0.15) is 21.6 Å². The summed E-state index contributed by atoms with van der Waals surface area (Å²) in [5.41, 5.74) is -5.15. The number of anilines is 1. The Kier molecular flexibility index (Phi) is 6.12. The Morgan fingerprint density at radius 1 is 1.07 bits per heavy atom. The molecule has 5 nitrogen and oxygen atoms in total. The zero-order valence-electron chi connectivity index (χ0n) is 15.1. The molecular formula is C19H21F3N2O3S. The fraction of sp³-hybridized carbons (Fsp3) is 0.421. The highest BCUT2D eigenvalue weighted by molar-refractivity contribution is 7.93. The van der Waals surface area contributed by atoms with E-state index in [1.165, 1.54) is 55.2 Å². The fourth-order valence-electron chi connectivity index (χ4n) is 3.16. The molecule has 2 aromatic rings. The Morgan fingerprint density at radius 3 is 2.32 bits per heavy atom. The molecule has 0 unspecified atom stereocenters. The van der Waals surface area contributed by atoms with Crippen LogP contribution in [0.5, 0.6) is 5.75 Å². The van der Waals surface area contributed by atoms with Crippen LogP contribution in [0, 0.1) is 0 Å². The van der Waals surface area contributed by atoms with Gasteiger partial charge in [0.2, 0.25) is 0 Å². The molecule has 0 bridgehead atoms. The number of sulfonamides is 1. The van der Waals surface area contributed by atoms with Crippen molar-refractivity contribution in [1.82, 2.24) is 4.98 Å². The van der Waals surface area contributed by atoms with Crippen molar-refractivity contribution >= 4 is 15.7 Å². The maximum absolute atomic E-state index is 13.2. The van der Waals surface area contributed by atoms with Crippen LogP contribution in [0.3, 0.4) is 0 Å². The fourth-order valence-corrected chi connectivity index (χ4v) is 4.13. The zero-order valence-corrected chi connectivity index (χ0v) is 15.9. The molecule has 0 amide bonds. The predicted octanol–water partition coefficient (Wildman–Crippen LogP) is 4.65. The van der Waals surface area contributed by atoms with Crippen molar-refractivity contribution in [2.45, 2.75) is 50.3 Å². The van der Waals surface area contributed by atoms with E-state index in [0.717, 1.165) is 25.7 Å². The Bertz CT molecular complexity index is 866. The van der Waals surface area contributed by atoms with Crippen LogP contribution in [0.25, 0.3) is 0 Å². The van der Waals surface area contributed by atoms with Gasteiger partial charge in [0.1, 0.15) is 5.75 Å². The monoisotopic (exact) mass is 414 g/mol. The van der Waals surface area contributed by atoms with Crippen molar-refractivity contribution in [3.63, 3.8) is 0 Å². The number of ether oxygens (including phenoxy) is 1. The number of pyridine rings is 1. The van der Waals surface area contributed by atoms with E-state index < -0.39 is 22.1 Å². The maximum Gasteiger partial charge on any atom is 0.516 e. The quantitative estimate of drug-likeness (QED) is 0.690. The van der Waals surface area contributed by atoms with Gasteiger partial charge in [0.15, 0.2) is 0 Å². The molecule has 1 saturated carbocycles. The highest BCUT2D eigenvalue weighted by atomic mass is 32.2. The standard InChI is InChI=1S/C19H21F3N2O3S/c20-19(21,22)28(25,26)24(14-15-5-4-12-23-13-15)16-8-10-18(11-9-16)27-17-6-2-1-3-7-17/h4-5,8-13,17H,1-3,6-7,14H2. The first-order valence-corrected chi connectivity index (χ1v) is 10.5. The minimum atomic E-state index is -5.57. The molecule has 1 aliphatic carbocycles. The molecule has 0 saturated heterocycles. The molecule has 152 valence electrons. The zero-order chi connectivity index (χ0) is 20.2. The van der Waals surface area contributed by atoms with Gasteiger partial charge in [-0.3, -0.25) is 9.29 Å². The largest absolute Gasteiger partial charge is 0.516 e. The van der Waals surface area contributed by atoms with E-state index >= 15 is 0 Å². The van der Waals surface area contributed by atoms with Crippen LogP contribution in [0.1, 0.15) is 37.7 Å². The molecule has 9 heteroatoms. The first-order chi connectivity index (χ1) is 13.3. The van der Waals surface area contributed by atoms with E-state index in [1.807, 2.05) is 0 Å². The smallest absolute Gasteiger partial charge is 0.490 e. The van der Waals surface area contributed by atoms with Gasteiger partial charge < -0.3 is 4.74 Å². The molecule has 0 aliphatic heterocycles. The van der Waals surface area contributed by atoms with E-state index in [1.54, 1.807) is 0 Å². The lowest BCUT2D eigenvalue weighted by Crippen LogP contribution is -2.40. The molecule has 0 N–H and O–H groups in total. The Hall–Kier alpha value is -2.29. The number of halogens is 3. The van der Waals surface area contributed by atoms with Gasteiger partial charge >= 0.3 is 15.5 Å². The van der Waals surface area contributed by atoms with Gasteiger partial charge in [-0.05, 0) is 61.6 Å². The third-order valence-corrected chi connectivity index (χ3v) is 6.12. The van der Waals surface area contributed by atoms with E-state index in [0.29, 0.717) is 15.6 Å². The highest BCUT2D eigenvalue weighted by Gasteiger charge is 2.50. The molecule has 0 spiro atoms. The van der Waals surface area contributed by atoms with Crippen molar-refractivity contribution in [3.05, 3.63) is 54.4 Å². The number of benzene rings is 1. The van der Waals surface area contributed by atoms with Crippen LogP contribution < -0.4 is 9.04 Å². The van der Waals surface area contributed by atoms with Gasteiger partial charge in [-0.15, -0.1) is 0 Å². The lowest BCUT2D eigenvalue weighted by atomic mass is 9.98. The van der Waals surface area contributed by atoms with E-state index in [-0.39, 0.29) is 11.8 Å². The van der Waals surface area contributed by atoms with Crippen LogP contribution >= 0.6 is 0 Å². The number of nitrogens with zero attached hydrogens (tertiary/aromatic N) is 2. The Morgan fingerprint density at radius 2 is 1.75 bits per heavy atom. The third-order valence-electron chi connectivity index (χ3n) is 4.61. The number of alkyl halides is 3. The molecule has 0 radical (unpaired) electrons. The second-order valence-electron chi connectivity index (χ2n) is 6.69. The van der Waals surface area contributed by atoms with Crippen LogP contribution in [-0.4, -0.2) is 25.0 Å². The van der Waals surface area contributed by atoms with Crippen molar-refractivity contribution in [2.24, 2.45) is 0 Å². The maximum atomic E-state index is 13.2. The third kappa shape index (κ3) is 4.76. The lowest BCUT2D eigenvalue weighted by Gasteiger charge is -2.26. The summed E-state index contributed by atoms with van der Waals surface area (Å²) < 4.78 is 70.0. The normalized spacial score (nSPS) is 16.0. The summed E-state index contributed by atoms with van der Waals surface area (Å²) in [5, 5.41) is 0. The van der Waals surface area contributed by atoms with E-state index in [2.05, 4.69) is 4.98 Å². The van der Waals surface area contributed by atoms with Gasteiger partial charge in [0.05, 0.1) is 18.3 Å². The van der Waals surface area contributed by atoms with E-state index in [4.69, 9.17) is 4.74 Å². The number of hydrogen-bond donors (Lipinski definition) is 0. The highest BCUT2D eigenvalue weighted by Crippen LogP contribution is 2.33. The van der Waals surface area contributed by atoms with Gasteiger partial charge in [-0.1, -0.05) is 12.5 Å². The average molecular weight is 414 g/mol. The summed E-state index contributed by atoms with van der Waals surface area (Å²) in [7, 11) is -5.57. The summed E-state index contributed by atoms with van der Waals surface area (Å²) in [6, 6.07) is 8.73. The summed E-state index contributed by atoms with van der Waals surface area (Å²) >= 11 is 0. The van der Waals surface area contributed by atoms with Crippen LogP contribution in [-0.2, 0) is 16.6 Å². The van der Waals surface area contributed by atoms with Crippen molar-refractivity contribution < 1.29 is 26.3 Å². The van der Waals surface area contributed by atoms with Crippen LogP contribution in [0.15, 0.2) is 48.8 Å². The van der Waals surface area contributed by atoms with Crippen molar-refractivity contribution in [2.75, 3.05) is 4.31 Å². The summed E-state index contributed by atoms with van der Waals surface area (Å²) in [5.74, 6) is 0.515. The first kappa shape index (κ1) is 20.4. The minimum Gasteiger partial charge on any atom is -0.490 e. The topological polar surface area (TPSA) is 59.5 Å². The van der Waals surface area contributed by atoms with Crippen LogP contribution in [0.4, 0.5) is 18.9 Å². The molecule has 0 atom stereocenters.